The summed E-state index contributed by atoms with van der Waals surface area (Å²) in [6.07, 6.45) is 2.23. The number of aromatic nitrogens is 1. The molecule has 2 heterocycles. The smallest absolute Gasteiger partial charge is 0.253 e. The zero-order valence-corrected chi connectivity index (χ0v) is 20.2. The topological polar surface area (TPSA) is 65.2 Å². The minimum atomic E-state index is -0.0265. The molecule has 1 aliphatic heterocycles. The van der Waals surface area contributed by atoms with Crippen molar-refractivity contribution in [1.29, 1.82) is 0 Å². The summed E-state index contributed by atoms with van der Waals surface area (Å²) in [7, 11) is 0. The van der Waals surface area contributed by atoms with Gasteiger partial charge >= 0.3 is 0 Å². The van der Waals surface area contributed by atoms with E-state index in [-0.39, 0.29) is 23.1 Å². The molecule has 174 valence electrons. The first kappa shape index (κ1) is 23.1. The minimum absolute atomic E-state index is 0.0265. The van der Waals surface area contributed by atoms with Crippen molar-refractivity contribution in [3.05, 3.63) is 70.9 Å². The van der Waals surface area contributed by atoms with E-state index in [1.54, 1.807) is 0 Å². The summed E-state index contributed by atoms with van der Waals surface area (Å²) >= 11 is 0. The number of nitrogens with one attached hydrogen (secondary N) is 2. The Hall–Kier alpha value is -3.08. The second kappa shape index (κ2) is 9.42. The lowest BCUT2D eigenvalue weighted by Crippen LogP contribution is -2.43. The molecule has 2 aromatic carbocycles. The Morgan fingerprint density at radius 3 is 2.36 bits per heavy atom. The summed E-state index contributed by atoms with van der Waals surface area (Å²) in [6.45, 7) is 10.5. The quantitative estimate of drug-likeness (QED) is 0.581. The first-order chi connectivity index (χ1) is 15.7. The van der Waals surface area contributed by atoms with Gasteiger partial charge in [-0.15, -0.1) is 0 Å². The molecular formula is C28H35N3O2. The van der Waals surface area contributed by atoms with Gasteiger partial charge in [0.25, 0.3) is 5.91 Å². The van der Waals surface area contributed by atoms with E-state index in [9.17, 15) is 9.59 Å². The summed E-state index contributed by atoms with van der Waals surface area (Å²) in [5, 5.41) is 4.35. The summed E-state index contributed by atoms with van der Waals surface area (Å²) in [4.78, 5) is 30.9. The molecular weight excluding hydrogens is 410 g/mol. The van der Waals surface area contributed by atoms with E-state index >= 15 is 0 Å². The van der Waals surface area contributed by atoms with E-state index in [2.05, 4.69) is 50.1 Å². The lowest BCUT2D eigenvalue weighted by Gasteiger charge is -2.31. The Balaban J connectivity index is 1.26. The molecule has 0 saturated carbocycles. The Morgan fingerprint density at radius 1 is 1.03 bits per heavy atom. The monoisotopic (exact) mass is 445 g/mol. The van der Waals surface area contributed by atoms with E-state index in [0.717, 1.165) is 23.2 Å². The lowest BCUT2D eigenvalue weighted by atomic mass is 9.86. The van der Waals surface area contributed by atoms with E-state index in [1.165, 1.54) is 16.5 Å². The zero-order chi connectivity index (χ0) is 23.6. The van der Waals surface area contributed by atoms with Crippen molar-refractivity contribution in [2.45, 2.75) is 52.4 Å². The molecule has 5 nitrogen and oxygen atoms in total. The van der Waals surface area contributed by atoms with Crippen LogP contribution < -0.4 is 5.32 Å². The van der Waals surface area contributed by atoms with Crippen LogP contribution in [0.1, 0.15) is 60.8 Å². The third-order valence-corrected chi connectivity index (χ3v) is 6.85. The van der Waals surface area contributed by atoms with Gasteiger partial charge in [0, 0.05) is 47.7 Å². The number of piperidine rings is 1. The number of amides is 2. The van der Waals surface area contributed by atoms with Crippen molar-refractivity contribution < 1.29 is 9.59 Å². The number of fused-ring (bicyclic) bond motifs is 1. The highest BCUT2D eigenvalue weighted by atomic mass is 16.2. The van der Waals surface area contributed by atoms with Gasteiger partial charge in [0.2, 0.25) is 5.91 Å². The summed E-state index contributed by atoms with van der Waals surface area (Å²) < 4.78 is 0. The zero-order valence-electron chi connectivity index (χ0n) is 20.2. The normalized spacial score (nSPS) is 15.1. The van der Waals surface area contributed by atoms with Crippen LogP contribution in [0, 0.1) is 12.8 Å². The van der Waals surface area contributed by atoms with Gasteiger partial charge in [-0.2, -0.15) is 0 Å². The van der Waals surface area contributed by atoms with Gasteiger partial charge in [0.05, 0.1) is 0 Å². The average Bonchev–Trinajstić information content (AvgIpc) is 3.13. The number of H-pyrrole nitrogens is 1. The second-order valence-corrected chi connectivity index (χ2v) is 10.2. The molecule has 0 aliphatic carbocycles. The molecule has 1 aliphatic rings. The standard InChI is InChI=1S/C28H35N3O2/c1-19-23(24-7-5-6-8-25(24)30-19)13-16-29-26(32)20-14-17-31(18-15-20)27(33)21-9-11-22(12-10-21)28(2,3)4/h5-12,20,30H,13-18H2,1-4H3,(H,29,32). The predicted molar refractivity (Wildman–Crippen MR) is 134 cm³/mol. The number of carbonyl (C=O) groups excluding carboxylic acids is 2. The highest BCUT2D eigenvalue weighted by molar-refractivity contribution is 5.94. The van der Waals surface area contributed by atoms with Crippen molar-refractivity contribution in [1.82, 2.24) is 15.2 Å². The van der Waals surface area contributed by atoms with E-state index in [1.807, 2.05) is 41.3 Å². The molecule has 2 amide bonds. The van der Waals surface area contributed by atoms with Crippen LogP contribution in [-0.4, -0.2) is 41.3 Å². The molecule has 0 radical (unpaired) electrons. The highest BCUT2D eigenvalue weighted by Gasteiger charge is 2.28. The summed E-state index contributed by atoms with van der Waals surface area (Å²) in [6, 6.07) is 16.2. The molecule has 2 N–H and O–H groups in total. The van der Waals surface area contributed by atoms with E-state index in [4.69, 9.17) is 0 Å². The fourth-order valence-electron chi connectivity index (χ4n) is 4.75. The number of hydrogen-bond donors (Lipinski definition) is 2. The van der Waals surface area contributed by atoms with Gasteiger partial charge < -0.3 is 15.2 Å². The van der Waals surface area contributed by atoms with Gasteiger partial charge in [-0.25, -0.2) is 0 Å². The Bertz CT molecular complexity index is 1130. The number of rotatable bonds is 5. The molecule has 4 rings (SSSR count). The fraction of sp³-hybridized carbons (Fsp3) is 0.429. The molecule has 5 heteroatoms. The number of aromatic amines is 1. The largest absolute Gasteiger partial charge is 0.358 e. The highest BCUT2D eigenvalue weighted by Crippen LogP contribution is 2.25. The number of carbonyl (C=O) groups is 2. The third-order valence-electron chi connectivity index (χ3n) is 6.85. The van der Waals surface area contributed by atoms with Crippen molar-refractivity contribution >= 4 is 22.7 Å². The van der Waals surface area contributed by atoms with Crippen LogP contribution in [0.25, 0.3) is 10.9 Å². The number of hydrogen-bond acceptors (Lipinski definition) is 2. The molecule has 1 fully saturated rings. The number of benzene rings is 2. The van der Waals surface area contributed by atoms with E-state index in [0.29, 0.717) is 32.5 Å². The first-order valence-corrected chi connectivity index (χ1v) is 12.0. The van der Waals surface area contributed by atoms with Crippen LogP contribution >= 0.6 is 0 Å². The van der Waals surface area contributed by atoms with Crippen LogP contribution in [0.5, 0.6) is 0 Å². The second-order valence-electron chi connectivity index (χ2n) is 10.2. The van der Waals surface area contributed by atoms with Gasteiger partial charge in [-0.1, -0.05) is 51.1 Å². The number of aryl methyl sites for hydroxylation is 1. The van der Waals surface area contributed by atoms with Crippen molar-refractivity contribution in [2.75, 3.05) is 19.6 Å². The molecule has 1 saturated heterocycles. The maximum absolute atomic E-state index is 12.9. The number of nitrogens with zero attached hydrogens (tertiary/aromatic N) is 1. The summed E-state index contributed by atoms with van der Waals surface area (Å²) in [5.74, 6) is 0.139. The molecule has 0 bridgehead atoms. The van der Waals surface area contributed by atoms with Gasteiger partial charge in [-0.3, -0.25) is 9.59 Å². The van der Waals surface area contributed by atoms with Gasteiger partial charge in [0.1, 0.15) is 0 Å². The van der Waals surface area contributed by atoms with Crippen LogP contribution in [0.15, 0.2) is 48.5 Å². The molecule has 0 atom stereocenters. The van der Waals surface area contributed by atoms with Crippen molar-refractivity contribution in [2.24, 2.45) is 5.92 Å². The fourth-order valence-corrected chi connectivity index (χ4v) is 4.75. The summed E-state index contributed by atoms with van der Waals surface area (Å²) in [5.41, 5.74) is 5.58. The van der Waals surface area contributed by atoms with E-state index < -0.39 is 0 Å². The average molecular weight is 446 g/mol. The van der Waals surface area contributed by atoms with Crippen LogP contribution in [0.2, 0.25) is 0 Å². The Kier molecular flexibility index (Phi) is 6.59. The lowest BCUT2D eigenvalue weighted by molar-refractivity contribution is -0.126. The molecule has 0 spiro atoms. The van der Waals surface area contributed by atoms with Crippen LogP contribution in [0.4, 0.5) is 0 Å². The molecule has 1 aromatic heterocycles. The maximum Gasteiger partial charge on any atom is 0.253 e. The SMILES string of the molecule is Cc1[nH]c2ccccc2c1CCNC(=O)C1CCN(C(=O)c2ccc(C(C)(C)C)cc2)CC1. The third kappa shape index (κ3) is 5.13. The van der Waals surface area contributed by atoms with Gasteiger partial charge in [0.15, 0.2) is 0 Å². The van der Waals surface area contributed by atoms with Crippen molar-refractivity contribution in [3.8, 4) is 0 Å². The molecule has 0 unspecified atom stereocenters. The van der Waals surface area contributed by atoms with Crippen molar-refractivity contribution in [3.63, 3.8) is 0 Å². The predicted octanol–water partition coefficient (Wildman–Crippen LogP) is 4.98. The Morgan fingerprint density at radius 2 is 1.70 bits per heavy atom. The molecule has 33 heavy (non-hydrogen) atoms. The van der Waals surface area contributed by atoms with Crippen LogP contribution in [-0.2, 0) is 16.6 Å². The van der Waals surface area contributed by atoms with Gasteiger partial charge in [-0.05, 0) is 60.9 Å². The first-order valence-electron chi connectivity index (χ1n) is 12.0. The number of para-hydroxylation sites is 1. The number of likely N-dealkylation sites (tertiary alicyclic amines) is 1. The maximum atomic E-state index is 12.9. The Labute approximate surface area is 196 Å². The minimum Gasteiger partial charge on any atom is -0.358 e. The van der Waals surface area contributed by atoms with Crippen LogP contribution in [0.3, 0.4) is 0 Å². The molecule has 3 aromatic rings.